The summed E-state index contributed by atoms with van der Waals surface area (Å²) >= 11 is 0. The van der Waals surface area contributed by atoms with E-state index in [0.717, 1.165) is 36.4 Å². The highest BCUT2D eigenvalue weighted by atomic mass is 16.5. The highest BCUT2D eigenvalue weighted by molar-refractivity contribution is 5.61. The lowest BCUT2D eigenvalue weighted by Crippen LogP contribution is -2.42. The number of anilines is 1. The maximum absolute atomic E-state index is 9.57. The Morgan fingerprint density at radius 3 is 2.89 bits per heavy atom. The zero-order valence-corrected chi connectivity index (χ0v) is 11.8. The molecule has 1 aromatic carbocycles. The second-order valence-electron chi connectivity index (χ2n) is 5.21. The summed E-state index contributed by atoms with van der Waals surface area (Å²) in [5, 5.41) is 9.57. The van der Waals surface area contributed by atoms with Crippen LogP contribution in [0.2, 0.25) is 0 Å². The van der Waals surface area contributed by atoms with Crippen molar-refractivity contribution in [3.8, 4) is 5.75 Å². The molecule has 2 atom stereocenters. The summed E-state index contributed by atoms with van der Waals surface area (Å²) in [4.78, 5) is 2.28. The second kappa shape index (κ2) is 6.26. The van der Waals surface area contributed by atoms with Gasteiger partial charge in [0.2, 0.25) is 0 Å². The SMILES string of the molecule is COc1cccc(N2CCCCC2CO)c1[C@@H](C)N. The summed E-state index contributed by atoms with van der Waals surface area (Å²) in [5.74, 6) is 0.828. The van der Waals surface area contributed by atoms with Crippen molar-refractivity contribution < 1.29 is 9.84 Å². The number of nitrogens with two attached hydrogens (primary N) is 1. The number of aliphatic hydroxyl groups excluding tert-OH is 1. The molecule has 0 saturated carbocycles. The van der Waals surface area contributed by atoms with E-state index in [4.69, 9.17) is 10.5 Å². The van der Waals surface area contributed by atoms with Crippen molar-refractivity contribution >= 4 is 5.69 Å². The number of nitrogens with zero attached hydrogens (tertiary/aromatic N) is 1. The van der Waals surface area contributed by atoms with E-state index in [2.05, 4.69) is 11.0 Å². The Morgan fingerprint density at radius 1 is 1.47 bits per heavy atom. The Balaban J connectivity index is 2.42. The van der Waals surface area contributed by atoms with Crippen LogP contribution in [-0.4, -0.2) is 31.4 Å². The van der Waals surface area contributed by atoms with Gasteiger partial charge in [-0.05, 0) is 38.3 Å². The first-order valence-electron chi connectivity index (χ1n) is 6.99. The third-order valence-electron chi connectivity index (χ3n) is 3.87. The summed E-state index contributed by atoms with van der Waals surface area (Å²) in [6.07, 6.45) is 3.37. The average molecular weight is 264 g/mol. The molecule has 1 saturated heterocycles. The molecule has 0 aliphatic carbocycles. The Bertz CT molecular complexity index is 421. The fraction of sp³-hybridized carbons (Fsp3) is 0.600. The van der Waals surface area contributed by atoms with E-state index in [9.17, 15) is 5.11 Å². The number of ether oxygens (including phenoxy) is 1. The molecular weight excluding hydrogens is 240 g/mol. The van der Waals surface area contributed by atoms with Gasteiger partial charge in [0.1, 0.15) is 5.75 Å². The summed E-state index contributed by atoms with van der Waals surface area (Å²) < 4.78 is 5.44. The quantitative estimate of drug-likeness (QED) is 0.874. The van der Waals surface area contributed by atoms with E-state index in [1.54, 1.807) is 7.11 Å². The average Bonchev–Trinajstić information content (AvgIpc) is 2.46. The summed E-state index contributed by atoms with van der Waals surface area (Å²) in [6, 6.07) is 6.11. The van der Waals surface area contributed by atoms with Gasteiger partial charge in [-0.1, -0.05) is 6.07 Å². The van der Waals surface area contributed by atoms with Gasteiger partial charge in [-0.15, -0.1) is 0 Å². The van der Waals surface area contributed by atoms with Gasteiger partial charge in [-0.3, -0.25) is 0 Å². The maximum Gasteiger partial charge on any atom is 0.125 e. The van der Waals surface area contributed by atoms with Gasteiger partial charge in [-0.2, -0.15) is 0 Å². The molecule has 0 aromatic heterocycles. The third-order valence-corrected chi connectivity index (χ3v) is 3.87. The molecule has 1 aliphatic rings. The molecule has 1 aromatic rings. The van der Waals surface area contributed by atoms with Crippen LogP contribution in [0.25, 0.3) is 0 Å². The van der Waals surface area contributed by atoms with Crippen LogP contribution < -0.4 is 15.4 Å². The summed E-state index contributed by atoms with van der Waals surface area (Å²) in [7, 11) is 1.67. The Labute approximate surface area is 115 Å². The Hall–Kier alpha value is -1.26. The van der Waals surface area contributed by atoms with Gasteiger partial charge < -0.3 is 20.5 Å². The topological polar surface area (TPSA) is 58.7 Å². The standard InChI is InChI=1S/C15H24N2O2/c1-11(16)15-13(7-5-8-14(15)19-2)17-9-4-3-6-12(17)10-18/h5,7-8,11-12,18H,3-4,6,9-10,16H2,1-2H3/t11-,12?/m1/s1. The smallest absolute Gasteiger partial charge is 0.125 e. The Kier molecular flexibility index (Phi) is 4.66. The predicted octanol–water partition coefficient (Wildman–Crippen LogP) is 2.07. The summed E-state index contributed by atoms with van der Waals surface area (Å²) in [5.41, 5.74) is 8.25. The van der Waals surface area contributed by atoms with E-state index in [0.29, 0.717) is 0 Å². The highest BCUT2D eigenvalue weighted by Gasteiger charge is 2.26. The van der Waals surface area contributed by atoms with Gasteiger partial charge in [-0.25, -0.2) is 0 Å². The van der Waals surface area contributed by atoms with Gasteiger partial charge in [0, 0.05) is 23.8 Å². The molecule has 106 valence electrons. The summed E-state index contributed by atoms with van der Waals surface area (Å²) in [6.45, 7) is 3.13. The molecular formula is C15H24N2O2. The van der Waals surface area contributed by atoms with Crippen molar-refractivity contribution in [2.24, 2.45) is 5.73 Å². The molecule has 1 unspecified atom stereocenters. The van der Waals surface area contributed by atoms with Crippen LogP contribution in [0.4, 0.5) is 5.69 Å². The largest absolute Gasteiger partial charge is 0.496 e. The van der Waals surface area contributed by atoms with Crippen molar-refractivity contribution in [2.45, 2.75) is 38.3 Å². The van der Waals surface area contributed by atoms with Crippen molar-refractivity contribution in [3.63, 3.8) is 0 Å². The van der Waals surface area contributed by atoms with E-state index in [1.165, 1.54) is 6.42 Å². The maximum atomic E-state index is 9.57. The Morgan fingerprint density at radius 2 is 2.26 bits per heavy atom. The fourth-order valence-electron chi connectivity index (χ4n) is 2.93. The molecule has 0 radical (unpaired) electrons. The van der Waals surface area contributed by atoms with Crippen LogP contribution in [-0.2, 0) is 0 Å². The molecule has 19 heavy (non-hydrogen) atoms. The predicted molar refractivity (Wildman–Crippen MR) is 77.7 cm³/mol. The van der Waals surface area contributed by atoms with Crippen LogP contribution in [0.5, 0.6) is 5.75 Å². The van der Waals surface area contributed by atoms with Crippen molar-refractivity contribution in [1.82, 2.24) is 0 Å². The van der Waals surface area contributed by atoms with Crippen LogP contribution >= 0.6 is 0 Å². The minimum Gasteiger partial charge on any atom is -0.496 e. The van der Waals surface area contributed by atoms with Gasteiger partial charge >= 0.3 is 0 Å². The molecule has 1 fully saturated rings. The molecule has 2 rings (SSSR count). The van der Waals surface area contributed by atoms with Crippen LogP contribution in [0.3, 0.4) is 0 Å². The molecule has 0 bridgehead atoms. The molecule has 4 nitrogen and oxygen atoms in total. The molecule has 1 aliphatic heterocycles. The van der Waals surface area contributed by atoms with E-state index in [-0.39, 0.29) is 18.7 Å². The van der Waals surface area contributed by atoms with Gasteiger partial charge in [0.05, 0.1) is 19.8 Å². The van der Waals surface area contributed by atoms with Gasteiger partial charge in [0.15, 0.2) is 0 Å². The first kappa shape index (κ1) is 14.2. The minimum atomic E-state index is -0.0904. The number of hydrogen-bond donors (Lipinski definition) is 2. The van der Waals surface area contributed by atoms with Crippen molar-refractivity contribution in [1.29, 1.82) is 0 Å². The van der Waals surface area contributed by atoms with Crippen molar-refractivity contribution in [3.05, 3.63) is 23.8 Å². The lowest BCUT2D eigenvalue weighted by Gasteiger charge is -2.38. The number of aliphatic hydroxyl groups is 1. The normalized spacial score (nSPS) is 21.3. The number of methoxy groups -OCH3 is 1. The molecule has 0 amide bonds. The number of piperidine rings is 1. The van der Waals surface area contributed by atoms with Crippen LogP contribution in [0.1, 0.15) is 37.8 Å². The second-order valence-corrected chi connectivity index (χ2v) is 5.21. The van der Waals surface area contributed by atoms with Crippen molar-refractivity contribution in [2.75, 3.05) is 25.2 Å². The number of rotatable bonds is 4. The van der Waals surface area contributed by atoms with E-state index in [1.807, 2.05) is 19.1 Å². The van der Waals surface area contributed by atoms with E-state index >= 15 is 0 Å². The molecule has 3 N–H and O–H groups in total. The lowest BCUT2D eigenvalue weighted by atomic mass is 9.98. The number of benzene rings is 1. The molecule has 1 heterocycles. The van der Waals surface area contributed by atoms with Crippen LogP contribution in [0, 0.1) is 0 Å². The van der Waals surface area contributed by atoms with Gasteiger partial charge in [0.25, 0.3) is 0 Å². The highest BCUT2D eigenvalue weighted by Crippen LogP contribution is 2.36. The number of hydrogen-bond acceptors (Lipinski definition) is 4. The first-order valence-corrected chi connectivity index (χ1v) is 6.99. The third kappa shape index (κ3) is 2.85. The lowest BCUT2D eigenvalue weighted by molar-refractivity contribution is 0.240. The monoisotopic (exact) mass is 264 g/mol. The minimum absolute atomic E-state index is 0.0904. The molecule has 0 spiro atoms. The zero-order chi connectivity index (χ0) is 13.8. The first-order chi connectivity index (χ1) is 9.19. The van der Waals surface area contributed by atoms with Crippen LogP contribution in [0.15, 0.2) is 18.2 Å². The zero-order valence-electron chi connectivity index (χ0n) is 11.8. The fourth-order valence-corrected chi connectivity index (χ4v) is 2.93. The molecule has 4 heteroatoms. The van der Waals surface area contributed by atoms with E-state index < -0.39 is 0 Å².